The number of sulfone groups is 1. The quantitative estimate of drug-likeness (QED) is 0.869. The molecule has 1 aromatic carbocycles. The Hall–Kier alpha value is -1.79. The second kappa shape index (κ2) is 5.78. The Kier molecular flexibility index (Phi) is 3.97. The van der Waals surface area contributed by atoms with E-state index < -0.39 is 9.84 Å². The Labute approximate surface area is 130 Å². The lowest BCUT2D eigenvalue weighted by Gasteiger charge is -2.33. The van der Waals surface area contributed by atoms with E-state index in [1.807, 2.05) is 31.2 Å². The first kappa shape index (κ1) is 15.1. The van der Waals surface area contributed by atoms with Crippen molar-refractivity contribution < 1.29 is 17.6 Å². The van der Waals surface area contributed by atoms with E-state index in [1.54, 1.807) is 12.1 Å². The molecule has 1 aliphatic heterocycles. The minimum atomic E-state index is -3.16. The first-order chi connectivity index (χ1) is 10.4. The molecule has 22 heavy (non-hydrogen) atoms. The number of anilines is 1. The predicted molar refractivity (Wildman–Crippen MR) is 83.9 cm³/mol. The molecule has 3 rings (SSSR count). The smallest absolute Gasteiger partial charge is 0.175 e. The maximum Gasteiger partial charge on any atom is 0.175 e. The molecule has 118 valence electrons. The predicted octanol–water partition coefficient (Wildman–Crippen LogP) is 2.57. The standard InChI is InChI=1S/C16H19NO4S/c1-12-3-8-15(21-12)16-11-17(9-10-20-16)13-4-6-14(7-5-13)22(2,18)19/h3-8,16H,9-11H2,1-2H3. The molecule has 2 aromatic rings. The van der Waals surface area contributed by atoms with Crippen LogP contribution in [0.1, 0.15) is 17.6 Å². The SMILES string of the molecule is Cc1ccc(C2CN(c3ccc(S(C)(=O)=O)cc3)CCO2)o1. The Morgan fingerprint density at radius 2 is 1.86 bits per heavy atom. The van der Waals surface area contributed by atoms with Gasteiger partial charge in [-0.2, -0.15) is 0 Å². The molecule has 0 radical (unpaired) electrons. The lowest BCUT2D eigenvalue weighted by atomic mass is 10.2. The fourth-order valence-corrected chi connectivity index (χ4v) is 3.22. The van der Waals surface area contributed by atoms with Crippen LogP contribution < -0.4 is 4.90 Å². The van der Waals surface area contributed by atoms with Gasteiger partial charge in [-0.3, -0.25) is 0 Å². The van der Waals surface area contributed by atoms with Crippen LogP contribution in [-0.4, -0.2) is 34.4 Å². The van der Waals surface area contributed by atoms with Crippen LogP contribution in [0.15, 0.2) is 45.7 Å². The molecule has 0 bridgehead atoms. The van der Waals surface area contributed by atoms with Gasteiger partial charge in [0.05, 0.1) is 18.0 Å². The third kappa shape index (κ3) is 3.18. The minimum absolute atomic E-state index is 0.1000. The lowest BCUT2D eigenvalue weighted by Crippen LogP contribution is -2.38. The fraction of sp³-hybridized carbons (Fsp3) is 0.375. The number of nitrogens with zero attached hydrogens (tertiary/aromatic N) is 1. The number of morpholine rings is 1. The van der Waals surface area contributed by atoms with Gasteiger partial charge in [0.1, 0.15) is 17.6 Å². The van der Waals surface area contributed by atoms with Gasteiger partial charge in [-0.1, -0.05) is 0 Å². The van der Waals surface area contributed by atoms with Crippen molar-refractivity contribution in [2.45, 2.75) is 17.9 Å². The van der Waals surface area contributed by atoms with E-state index in [0.717, 1.165) is 23.8 Å². The molecular weight excluding hydrogens is 302 g/mol. The minimum Gasteiger partial charge on any atom is -0.464 e. The Morgan fingerprint density at radius 3 is 2.45 bits per heavy atom. The van der Waals surface area contributed by atoms with Crippen molar-refractivity contribution in [2.24, 2.45) is 0 Å². The molecule has 0 N–H and O–H groups in total. The first-order valence-electron chi connectivity index (χ1n) is 7.16. The average Bonchev–Trinajstić information content (AvgIpc) is 2.93. The molecule has 2 heterocycles. The largest absolute Gasteiger partial charge is 0.464 e. The van der Waals surface area contributed by atoms with E-state index in [4.69, 9.17) is 9.15 Å². The molecule has 0 saturated carbocycles. The van der Waals surface area contributed by atoms with E-state index in [-0.39, 0.29) is 6.10 Å². The molecule has 1 unspecified atom stereocenters. The van der Waals surface area contributed by atoms with Crippen LogP contribution in [0.25, 0.3) is 0 Å². The van der Waals surface area contributed by atoms with Crippen LogP contribution in [0.3, 0.4) is 0 Å². The maximum atomic E-state index is 11.5. The van der Waals surface area contributed by atoms with Gasteiger partial charge in [-0.05, 0) is 43.3 Å². The van der Waals surface area contributed by atoms with Gasteiger partial charge >= 0.3 is 0 Å². The van der Waals surface area contributed by atoms with E-state index in [2.05, 4.69) is 4.90 Å². The zero-order chi connectivity index (χ0) is 15.7. The summed E-state index contributed by atoms with van der Waals surface area (Å²) in [6, 6.07) is 10.8. The highest BCUT2D eigenvalue weighted by Crippen LogP contribution is 2.27. The van der Waals surface area contributed by atoms with E-state index in [9.17, 15) is 8.42 Å². The van der Waals surface area contributed by atoms with Crippen LogP contribution >= 0.6 is 0 Å². The summed E-state index contributed by atoms with van der Waals surface area (Å²) in [6.45, 7) is 3.98. The molecule has 1 fully saturated rings. The zero-order valence-electron chi connectivity index (χ0n) is 12.7. The third-order valence-corrected chi connectivity index (χ3v) is 4.90. The monoisotopic (exact) mass is 321 g/mol. The Bertz CT molecular complexity index is 749. The van der Waals surface area contributed by atoms with Gasteiger partial charge in [0.15, 0.2) is 9.84 Å². The summed E-state index contributed by atoms with van der Waals surface area (Å²) in [5.74, 6) is 1.70. The van der Waals surface area contributed by atoms with Crippen molar-refractivity contribution in [3.8, 4) is 0 Å². The van der Waals surface area contributed by atoms with Crippen LogP contribution in [0, 0.1) is 6.92 Å². The van der Waals surface area contributed by atoms with Gasteiger partial charge < -0.3 is 14.1 Å². The molecule has 1 saturated heterocycles. The van der Waals surface area contributed by atoms with Gasteiger partial charge in [0.2, 0.25) is 0 Å². The van der Waals surface area contributed by atoms with Crippen molar-refractivity contribution in [2.75, 3.05) is 30.9 Å². The Morgan fingerprint density at radius 1 is 1.14 bits per heavy atom. The van der Waals surface area contributed by atoms with Crippen molar-refractivity contribution in [3.63, 3.8) is 0 Å². The topological polar surface area (TPSA) is 59.8 Å². The first-order valence-corrected chi connectivity index (χ1v) is 9.05. The molecule has 0 amide bonds. The van der Waals surface area contributed by atoms with Crippen LogP contribution in [0.4, 0.5) is 5.69 Å². The van der Waals surface area contributed by atoms with Crippen molar-refractivity contribution in [1.29, 1.82) is 0 Å². The summed E-state index contributed by atoms with van der Waals surface area (Å²) in [5.41, 5.74) is 0.990. The van der Waals surface area contributed by atoms with Crippen molar-refractivity contribution >= 4 is 15.5 Å². The third-order valence-electron chi connectivity index (χ3n) is 3.77. The summed E-state index contributed by atoms with van der Waals surface area (Å²) < 4.78 is 34.4. The van der Waals surface area contributed by atoms with Crippen molar-refractivity contribution in [1.82, 2.24) is 0 Å². The van der Waals surface area contributed by atoms with E-state index >= 15 is 0 Å². The number of hydrogen-bond donors (Lipinski definition) is 0. The molecule has 6 heteroatoms. The van der Waals surface area contributed by atoms with Crippen LogP contribution in [-0.2, 0) is 14.6 Å². The highest BCUT2D eigenvalue weighted by molar-refractivity contribution is 7.90. The van der Waals surface area contributed by atoms with E-state index in [1.165, 1.54) is 6.26 Å². The molecule has 0 aliphatic carbocycles. The second-order valence-corrected chi connectivity index (χ2v) is 7.54. The average molecular weight is 321 g/mol. The number of benzene rings is 1. The number of ether oxygens (including phenoxy) is 1. The summed E-state index contributed by atoms with van der Waals surface area (Å²) in [4.78, 5) is 2.51. The summed E-state index contributed by atoms with van der Waals surface area (Å²) in [6.07, 6.45) is 1.11. The molecule has 0 spiro atoms. The number of hydrogen-bond acceptors (Lipinski definition) is 5. The van der Waals surface area contributed by atoms with Crippen LogP contribution in [0.2, 0.25) is 0 Å². The molecule has 5 nitrogen and oxygen atoms in total. The lowest BCUT2D eigenvalue weighted by molar-refractivity contribution is 0.0253. The molecule has 1 aliphatic rings. The number of furan rings is 1. The second-order valence-electron chi connectivity index (χ2n) is 5.52. The maximum absolute atomic E-state index is 11.5. The highest BCUT2D eigenvalue weighted by Gasteiger charge is 2.24. The number of rotatable bonds is 3. The molecular formula is C16H19NO4S. The zero-order valence-corrected chi connectivity index (χ0v) is 13.5. The van der Waals surface area contributed by atoms with Gasteiger partial charge in [-0.15, -0.1) is 0 Å². The summed E-state index contributed by atoms with van der Waals surface area (Å²) >= 11 is 0. The van der Waals surface area contributed by atoms with Crippen molar-refractivity contribution in [3.05, 3.63) is 47.9 Å². The number of aryl methyl sites for hydroxylation is 1. The normalized spacial score (nSPS) is 19.4. The molecule has 1 atom stereocenters. The highest BCUT2D eigenvalue weighted by atomic mass is 32.2. The van der Waals surface area contributed by atoms with Gasteiger partial charge in [-0.25, -0.2) is 8.42 Å². The van der Waals surface area contributed by atoms with Gasteiger partial charge in [0, 0.05) is 18.5 Å². The Balaban J connectivity index is 1.77. The summed E-state index contributed by atoms with van der Waals surface area (Å²) in [7, 11) is -3.16. The van der Waals surface area contributed by atoms with E-state index in [0.29, 0.717) is 18.0 Å². The van der Waals surface area contributed by atoms with Crippen LogP contribution in [0.5, 0.6) is 0 Å². The molecule has 1 aromatic heterocycles. The summed E-state index contributed by atoms with van der Waals surface area (Å²) in [5, 5.41) is 0. The van der Waals surface area contributed by atoms with Gasteiger partial charge in [0.25, 0.3) is 0 Å². The fourth-order valence-electron chi connectivity index (χ4n) is 2.59.